The van der Waals surface area contributed by atoms with E-state index in [1.807, 2.05) is 0 Å². The van der Waals surface area contributed by atoms with Crippen LogP contribution in [0.3, 0.4) is 0 Å². The maximum Gasteiger partial charge on any atom is 0.181 e. The van der Waals surface area contributed by atoms with Crippen LogP contribution in [0, 0.1) is 6.92 Å². The maximum atomic E-state index is 9.57. The van der Waals surface area contributed by atoms with E-state index in [0.717, 1.165) is 19.4 Å². The van der Waals surface area contributed by atoms with Crippen molar-refractivity contribution in [2.24, 2.45) is 0 Å². The SMILES string of the molecule is CCCCNc1ccc(C)c(O)c1O. The summed E-state index contributed by atoms with van der Waals surface area (Å²) in [6, 6.07) is 3.56. The molecule has 0 aliphatic carbocycles. The fourth-order valence-electron chi connectivity index (χ4n) is 1.22. The van der Waals surface area contributed by atoms with E-state index in [9.17, 15) is 10.2 Å². The minimum absolute atomic E-state index is 0.0356. The summed E-state index contributed by atoms with van der Waals surface area (Å²) < 4.78 is 0. The molecule has 1 rings (SSSR count). The molecule has 0 aliphatic heterocycles. The Morgan fingerprint density at radius 2 is 1.93 bits per heavy atom. The number of aryl methyl sites for hydroxylation is 1. The summed E-state index contributed by atoms with van der Waals surface area (Å²) >= 11 is 0. The van der Waals surface area contributed by atoms with Crippen molar-refractivity contribution in [1.82, 2.24) is 0 Å². The van der Waals surface area contributed by atoms with Crippen molar-refractivity contribution < 1.29 is 10.2 Å². The molecule has 14 heavy (non-hydrogen) atoms. The Hall–Kier alpha value is -1.38. The third-order valence-corrected chi connectivity index (χ3v) is 2.20. The molecule has 0 amide bonds. The molecule has 0 unspecified atom stereocenters. The predicted molar refractivity (Wildman–Crippen MR) is 57.9 cm³/mol. The highest BCUT2D eigenvalue weighted by atomic mass is 16.3. The highest BCUT2D eigenvalue weighted by molar-refractivity contribution is 5.64. The zero-order chi connectivity index (χ0) is 10.6. The van der Waals surface area contributed by atoms with Gasteiger partial charge in [-0.3, -0.25) is 0 Å². The molecule has 0 atom stereocenters. The highest BCUT2D eigenvalue weighted by Gasteiger charge is 2.07. The summed E-state index contributed by atoms with van der Waals surface area (Å²) in [7, 11) is 0. The lowest BCUT2D eigenvalue weighted by Gasteiger charge is -2.10. The average molecular weight is 195 g/mol. The van der Waals surface area contributed by atoms with Crippen LogP contribution in [0.2, 0.25) is 0 Å². The van der Waals surface area contributed by atoms with Gasteiger partial charge >= 0.3 is 0 Å². The molecule has 3 N–H and O–H groups in total. The number of phenols is 2. The first-order chi connectivity index (χ1) is 6.66. The molecule has 1 aromatic rings. The molecular weight excluding hydrogens is 178 g/mol. The molecule has 0 fully saturated rings. The van der Waals surface area contributed by atoms with Gasteiger partial charge in [-0.2, -0.15) is 0 Å². The van der Waals surface area contributed by atoms with E-state index in [4.69, 9.17) is 0 Å². The number of hydrogen-bond donors (Lipinski definition) is 3. The van der Waals surface area contributed by atoms with Crippen LogP contribution in [-0.2, 0) is 0 Å². The smallest absolute Gasteiger partial charge is 0.181 e. The molecule has 78 valence electrons. The van der Waals surface area contributed by atoms with E-state index in [0.29, 0.717) is 11.3 Å². The van der Waals surface area contributed by atoms with Crippen LogP contribution in [0.15, 0.2) is 12.1 Å². The van der Waals surface area contributed by atoms with E-state index in [-0.39, 0.29) is 11.5 Å². The van der Waals surface area contributed by atoms with E-state index in [1.165, 1.54) is 0 Å². The van der Waals surface area contributed by atoms with E-state index < -0.39 is 0 Å². The van der Waals surface area contributed by atoms with Crippen molar-refractivity contribution in [3.05, 3.63) is 17.7 Å². The lowest BCUT2D eigenvalue weighted by molar-refractivity contribution is 0.402. The number of hydrogen-bond acceptors (Lipinski definition) is 3. The van der Waals surface area contributed by atoms with Crippen LogP contribution in [0.1, 0.15) is 25.3 Å². The summed E-state index contributed by atoms with van der Waals surface area (Å²) in [5.74, 6) is -0.0902. The van der Waals surface area contributed by atoms with Crippen molar-refractivity contribution in [3.8, 4) is 11.5 Å². The van der Waals surface area contributed by atoms with Gasteiger partial charge in [0.15, 0.2) is 11.5 Å². The first kappa shape index (κ1) is 10.7. The molecule has 0 aromatic heterocycles. The fourth-order valence-corrected chi connectivity index (χ4v) is 1.22. The third kappa shape index (κ3) is 2.31. The second-order valence-corrected chi connectivity index (χ2v) is 3.41. The molecule has 0 saturated heterocycles. The van der Waals surface area contributed by atoms with Gasteiger partial charge in [-0.05, 0) is 25.0 Å². The summed E-state index contributed by atoms with van der Waals surface area (Å²) in [4.78, 5) is 0. The number of anilines is 1. The van der Waals surface area contributed by atoms with E-state index in [1.54, 1.807) is 19.1 Å². The number of nitrogens with one attached hydrogen (secondary N) is 1. The van der Waals surface area contributed by atoms with Crippen molar-refractivity contribution in [1.29, 1.82) is 0 Å². The second-order valence-electron chi connectivity index (χ2n) is 3.41. The van der Waals surface area contributed by atoms with Crippen LogP contribution >= 0.6 is 0 Å². The van der Waals surface area contributed by atoms with E-state index >= 15 is 0 Å². The van der Waals surface area contributed by atoms with Crippen LogP contribution in [0.25, 0.3) is 0 Å². The summed E-state index contributed by atoms with van der Waals surface area (Å²) in [5.41, 5.74) is 1.28. The first-order valence-electron chi connectivity index (χ1n) is 4.92. The van der Waals surface area contributed by atoms with Crippen LogP contribution in [0.4, 0.5) is 5.69 Å². The number of rotatable bonds is 4. The largest absolute Gasteiger partial charge is 0.504 e. The lowest BCUT2D eigenvalue weighted by Crippen LogP contribution is -2.01. The molecular formula is C11H17NO2. The Morgan fingerprint density at radius 3 is 2.57 bits per heavy atom. The van der Waals surface area contributed by atoms with Crippen molar-refractivity contribution >= 4 is 5.69 Å². The van der Waals surface area contributed by atoms with Crippen LogP contribution < -0.4 is 5.32 Å². The standard InChI is InChI=1S/C11H17NO2/c1-3-4-7-12-9-6-5-8(2)10(13)11(9)14/h5-6,12-14H,3-4,7H2,1-2H3. The summed E-state index contributed by atoms with van der Waals surface area (Å²) in [6.07, 6.45) is 2.15. The number of unbranched alkanes of at least 4 members (excludes halogenated alkanes) is 1. The number of benzene rings is 1. The van der Waals surface area contributed by atoms with Gasteiger partial charge in [0.2, 0.25) is 0 Å². The Morgan fingerprint density at radius 1 is 1.21 bits per heavy atom. The van der Waals surface area contributed by atoms with Crippen molar-refractivity contribution in [2.45, 2.75) is 26.7 Å². The second kappa shape index (κ2) is 4.74. The molecule has 1 aromatic carbocycles. The van der Waals surface area contributed by atoms with Gasteiger partial charge in [-0.1, -0.05) is 19.4 Å². The molecule has 0 heterocycles. The normalized spacial score (nSPS) is 10.1. The molecule has 3 heteroatoms. The lowest BCUT2D eigenvalue weighted by atomic mass is 10.2. The zero-order valence-corrected chi connectivity index (χ0v) is 8.67. The summed E-state index contributed by atoms with van der Waals surface area (Å²) in [5, 5.41) is 22.1. The molecule has 0 bridgehead atoms. The number of phenolic OH excluding ortho intramolecular Hbond substituents is 2. The van der Waals surface area contributed by atoms with Gasteiger partial charge in [-0.15, -0.1) is 0 Å². The van der Waals surface area contributed by atoms with Crippen molar-refractivity contribution in [3.63, 3.8) is 0 Å². The minimum atomic E-state index is -0.0545. The minimum Gasteiger partial charge on any atom is -0.504 e. The Bertz CT molecular complexity index is 310. The Labute approximate surface area is 84.4 Å². The molecule has 0 saturated carbocycles. The molecule has 0 aliphatic rings. The monoisotopic (exact) mass is 195 g/mol. The Balaban J connectivity index is 2.73. The van der Waals surface area contributed by atoms with Gasteiger partial charge in [-0.25, -0.2) is 0 Å². The summed E-state index contributed by atoms with van der Waals surface area (Å²) in [6.45, 7) is 4.67. The molecule has 0 spiro atoms. The molecule has 3 nitrogen and oxygen atoms in total. The van der Waals surface area contributed by atoms with Crippen LogP contribution in [-0.4, -0.2) is 16.8 Å². The first-order valence-corrected chi connectivity index (χ1v) is 4.92. The van der Waals surface area contributed by atoms with Gasteiger partial charge in [0.05, 0.1) is 5.69 Å². The molecule has 0 radical (unpaired) electrons. The number of aromatic hydroxyl groups is 2. The van der Waals surface area contributed by atoms with Gasteiger partial charge in [0.1, 0.15) is 0 Å². The maximum absolute atomic E-state index is 9.57. The van der Waals surface area contributed by atoms with Gasteiger partial charge in [0.25, 0.3) is 0 Å². The topological polar surface area (TPSA) is 52.5 Å². The fraction of sp³-hybridized carbons (Fsp3) is 0.455. The van der Waals surface area contributed by atoms with Crippen molar-refractivity contribution in [2.75, 3.05) is 11.9 Å². The quantitative estimate of drug-likeness (QED) is 0.511. The predicted octanol–water partition coefficient (Wildman–Crippen LogP) is 2.62. The zero-order valence-electron chi connectivity index (χ0n) is 8.67. The van der Waals surface area contributed by atoms with Crippen LogP contribution in [0.5, 0.6) is 11.5 Å². The van der Waals surface area contributed by atoms with E-state index in [2.05, 4.69) is 12.2 Å². The third-order valence-electron chi connectivity index (χ3n) is 2.20. The highest BCUT2D eigenvalue weighted by Crippen LogP contribution is 2.35. The average Bonchev–Trinajstić information content (AvgIpc) is 2.18. The van der Waals surface area contributed by atoms with Gasteiger partial charge < -0.3 is 15.5 Å². The van der Waals surface area contributed by atoms with Gasteiger partial charge in [0, 0.05) is 6.54 Å². The Kier molecular flexibility index (Phi) is 3.63.